The van der Waals surface area contributed by atoms with Crippen LogP contribution in [-0.2, 0) is 4.79 Å². The zero-order valence-corrected chi connectivity index (χ0v) is 9.73. The van der Waals surface area contributed by atoms with Crippen LogP contribution in [0, 0.1) is 5.92 Å². The predicted molar refractivity (Wildman–Crippen MR) is 59.3 cm³/mol. The van der Waals surface area contributed by atoms with Gasteiger partial charge in [0.2, 0.25) is 0 Å². The van der Waals surface area contributed by atoms with Crippen LogP contribution in [0.4, 0.5) is 0 Å². The molecule has 0 aliphatic heterocycles. The van der Waals surface area contributed by atoms with Crippen LogP contribution in [0.5, 0.6) is 0 Å². The highest BCUT2D eigenvalue weighted by Gasteiger charge is 2.21. The summed E-state index contributed by atoms with van der Waals surface area (Å²) in [5.74, 6) is 1.31. The smallest absolute Gasteiger partial charge is 0.134 e. The van der Waals surface area contributed by atoms with Gasteiger partial charge in [-0.2, -0.15) is 0 Å². The molecule has 0 atom stereocenters. The van der Waals surface area contributed by atoms with Gasteiger partial charge in [-0.25, -0.2) is 0 Å². The van der Waals surface area contributed by atoms with Crippen LogP contribution >= 0.6 is 0 Å². The largest absolute Gasteiger partial charge is 0.312 e. The number of carbonyl (C=O) groups is 1. The van der Waals surface area contributed by atoms with E-state index in [1.54, 1.807) is 0 Å². The van der Waals surface area contributed by atoms with Crippen molar-refractivity contribution in [1.82, 2.24) is 5.32 Å². The molecule has 0 unspecified atom stereocenters. The zero-order valence-electron chi connectivity index (χ0n) is 9.73. The summed E-state index contributed by atoms with van der Waals surface area (Å²) in [5, 5.41) is 3.34. The average molecular weight is 197 g/mol. The van der Waals surface area contributed by atoms with E-state index >= 15 is 0 Å². The van der Waals surface area contributed by atoms with Gasteiger partial charge in [-0.1, -0.05) is 12.8 Å². The molecule has 0 amide bonds. The third-order valence-corrected chi connectivity index (χ3v) is 2.59. The third-order valence-electron chi connectivity index (χ3n) is 2.59. The minimum atomic E-state index is 0.136. The van der Waals surface area contributed by atoms with Gasteiger partial charge in [0.25, 0.3) is 0 Å². The first-order chi connectivity index (χ1) is 6.47. The van der Waals surface area contributed by atoms with E-state index < -0.39 is 0 Å². The molecule has 1 N–H and O–H groups in total. The van der Waals surface area contributed by atoms with E-state index in [0.29, 0.717) is 12.2 Å². The van der Waals surface area contributed by atoms with Crippen LogP contribution in [0.2, 0.25) is 0 Å². The molecular formula is C12H23NO. The number of rotatable bonds is 6. The molecule has 1 fully saturated rings. The topological polar surface area (TPSA) is 29.1 Å². The molecule has 2 heteroatoms. The Morgan fingerprint density at radius 1 is 1.29 bits per heavy atom. The molecule has 0 saturated heterocycles. The Hall–Kier alpha value is -0.370. The minimum absolute atomic E-state index is 0.136. The number of nitrogens with one attached hydrogen (secondary N) is 1. The highest BCUT2D eigenvalue weighted by Crippen LogP contribution is 2.33. The molecule has 0 spiro atoms. The van der Waals surface area contributed by atoms with E-state index in [4.69, 9.17) is 0 Å². The van der Waals surface area contributed by atoms with Crippen molar-refractivity contribution in [3.8, 4) is 0 Å². The number of hydrogen-bond acceptors (Lipinski definition) is 2. The van der Waals surface area contributed by atoms with Crippen LogP contribution in [0.1, 0.15) is 52.9 Å². The Morgan fingerprint density at radius 3 is 2.43 bits per heavy atom. The summed E-state index contributed by atoms with van der Waals surface area (Å²) in [6, 6.07) is 0. The fourth-order valence-electron chi connectivity index (χ4n) is 1.47. The van der Waals surface area contributed by atoms with Crippen LogP contribution in [-0.4, -0.2) is 17.9 Å². The van der Waals surface area contributed by atoms with Gasteiger partial charge in [-0.15, -0.1) is 0 Å². The molecule has 0 bridgehead atoms. The molecule has 1 aliphatic rings. The van der Waals surface area contributed by atoms with Crippen molar-refractivity contribution >= 4 is 5.78 Å². The summed E-state index contributed by atoms with van der Waals surface area (Å²) in [6.45, 7) is 7.21. The lowest BCUT2D eigenvalue weighted by molar-refractivity contribution is -0.119. The van der Waals surface area contributed by atoms with Crippen molar-refractivity contribution < 1.29 is 4.79 Å². The molecule has 0 aromatic heterocycles. The minimum Gasteiger partial charge on any atom is -0.312 e. The summed E-state index contributed by atoms with van der Waals surface area (Å²) >= 11 is 0. The first-order valence-electron chi connectivity index (χ1n) is 5.74. The zero-order chi connectivity index (χ0) is 10.6. The van der Waals surface area contributed by atoms with Crippen molar-refractivity contribution in [3.63, 3.8) is 0 Å². The third kappa shape index (κ3) is 6.14. The lowest BCUT2D eigenvalue weighted by Crippen LogP contribution is -2.37. The quantitative estimate of drug-likeness (QED) is 0.709. The van der Waals surface area contributed by atoms with Crippen molar-refractivity contribution in [3.05, 3.63) is 0 Å². The Kier molecular flexibility index (Phi) is 4.11. The molecular weight excluding hydrogens is 174 g/mol. The van der Waals surface area contributed by atoms with E-state index in [-0.39, 0.29) is 5.54 Å². The van der Waals surface area contributed by atoms with Crippen LogP contribution < -0.4 is 5.32 Å². The van der Waals surface area contributed by atoms with E-state index in [1.807, 2.05) is 0 Å². The lowest BCUT2D eigenvalue weighted by Gasteiger charge is -2.20. The molecule has 0 aromatic carbocycles. The number of carbonyl (C=O) groups excluding carboxylic acids is 1. The normalized spacial score (nSPS) is 17.1. The number of Topliss-reactive ketones (excluding diaryl/α,β-unsaturated/α-hetero) is 1. The maximum atomic E-state index is 11.4. The first kappa shape index (κ1) is 11.7. The van der Waals surface area contributed by atoms with E-state index in [2.05, 4.69) is 26.1 Å². The van der Waals surface area contributed by atoms with Gasteiger partial charge in [0.05, 0.1) is 0 Å². The SMILES string of the molecule is CC(C)(C)NCCC(=O)CCC1CC1. The van der Waals surface area contributed by atoms with Crippen molar-refractivity contribution in [2.75, 3.05) is 6.54 Å². The predicted octanol–water partition coefficient (Wildman–Crippen LogP) is 2.52. The molecule has 1 saturated carbocycles. The molecule has 1 aliphatic carbocycles. The summed E-state index contributed by atoms with van der Waals surface area (Å²) in [6.07, 6.45) is 5.34. The van der Waals surface area contributed by atoms with E-state index in [1.165, 1.54) is 12.8 Å². The van der Waals surface area contributed by atoms with Gasteiger partial charge in [0.1, 0.15) is 5.78 Å². The molecule has 14 heavy (non-hydrogen) atoms. The molecule has 82 valence electrons. The maximum Gasteiger partial charge on any atom is 0.134 e. The van der Waals surface area contributed by atoms with Crippen molar-refractivity contribution in [2.24, 2.45) is 5.92 Å². The molecule has 1 rings (SSSR count). The molecule has 0 aromatic rings. The second-order valence-corrected chi connectivity index (χ2v) is 5.45. The molecule has 2 nitrogen and oxygen atoms in total. The van der Waals surface area contributed by atoms with Gasteiger partial charge in [0, 0.05) is 24.9 Å². The Morgan fingerprint density at radius 2 is 1.93 bits per heavy atom. The Bertz CT molecular complexity index is 189. The number of hydrogen-bond donors (Lipinski definition) is 1. The Balaban J connectivity index is 1.96. The fraction of sp³-hybridized carbons (Fsp3) is 0.917. The van der Waals surface area contributed by atoms with Crippen LogP contribution in [0.3, 0.4) is 0 Å². The second kappa shape index (κ2) is 4.92. The second-order valence-electron chi connectivity index (χ2n) is 5.45. The van der Waals surface area contributed by atoms with Gasteiger partial charge >= 0.3 is 0 Å². The van der Waals surface area contributed by atoms with Crippen molar-refractivity contribution in [1.29, 1.82) is 0 Å². The number of ketones is 1. The lowest BCUT2D eigenvalue weighted by atomic mass is 10.1. The van der Waals surface area contributed by atoms with Gasteiger partial charge < -0.3 is 5.32 Å². The van der Waals surface area contributed by atoms with E-state index in [0.717, 1.165) is 25.3 Å². The summed E-state index contributed by atoms with van der Waals surface area (Å²) in [5.41, 5.74) is 0.136. The van der Waals surface area contributed by atoms with Crippen LogP contribution in [0.15, 0.2) is 0 Å². The van der Waals surface area contributed by atoms with Gasteiger partial charge in [0.15, 0.2) is 0 Å². The highest BCUT2D eigenvalue weighted by atomic mass is 16.1. The van der Waals surface area contributed by atoms with E-state index in [9.17, 15) is 4.79 Å². The van der Waals surface area contributed by atoms with Gasteiger partial charge in [-0.05, 0) is 33.1 Å². The first-order valence-corrected chi connectivity index (χ1v) is 5.74. The molecule has 0 radical (unpaired) electrons. The summed E-state index contributed by atoms with van der Waals surface area (Å²) in [7, 11) is 0. The summed E-state index contributed by atoms with van der Waals surface area (Å²) < 4.78 is 0. The average Bonchev–Trinajstić information content (AvgIpc) is 2.81. The summed E-state index contributed by atoms with van der Waals surface area (Å²) in [4.78, 5) is 11.4. The van der Waals surface area contributed by atoms with Gasteiger partial charge in [-0.3, -0.25) is 4.79 Å². The highest BCUT2D eigenvalue weighted by molar-refractivity contribution is 5.78. The Labute approximate surface area is 87.5 Å². The fourth-order valence-corrected chi connectivity index (χ4v) is 1.47. The van der Waals surface area contributed by atoms with Crippen molar-refractivity contribution in [2.45, 2.75) is 58.4 Å². The monoisotopic (exact) mass is 197 g/mol. The molecule has 0 heterocycles. The maximum absolute atomic E-state index is 11.4. The van der Waals surface area contributed by atoms with Crippen LogP contribution in [0.25, 0.3) is 0 Å². The standard InChI is InChI=1S/C12H23NO/c1-12(2,3)13-9-8-11(14)7-6-10-4-5-10/h10,13H,4-9H2,1-3H3.